The second-order valence-electron chi connectivity index (χ2n) is 9.43. The molecule has 1 unspecified atom stereocenters. The van der Waals surface area contributed by atoms with Gasteiger partial charge in [-0.1, -0.05) is 103 Å². The van der Waals surface area contributed by atoms with Gasteiger partial charge in [-0.05, 0) is 42.0 Å². The van der Waals surface area contributed by atoms with E-state index in [0.29, 0.717) is 23.2 Å². The lowest BCUT2D eigenvalue weighted by Gasteiger charge is -2.45. The van der Waals surface area contributed by atoms with Crippen molar-refractivity contribution in [2.24, 2.45) is 0 Å². The highest BCUT2D eigenvalue weighted by Crippen LogP contribution is 2.46. The maximum atomic E-state index is 11.8. The lowest BCUT2D eigenvalue weighted by Crippen LogP contribution is -2.48. The summed E-state index contributed by atoms with van der Waals surface area (Å²) in [4.78, 5) is 11.8. The van der Waals surface area contributed by atoms with Gasteiger partial charge >= 0.3 is 5.97 Å². The Balaban J connectivity index is 3.06. The quantitative estimate of drug-likeness (QED) is 0.101. The molecule has 4 heteroatoms. The summed E-state index contributed by atoms with van der Waals surface area (Å²) in [7, 11) is -2.03. The molecule has 0 fully saturated rings. The maximum Gasteiger partial charge on any atom is 0.330 e. The molecule has 1 aromatic carbocycles. The minimum atomic E-state index is -2.03. The van der Waals surface area contributed by atoms with E-state index in [4.69, 9.17) is 9.16 Å². The van der Waals surface area contributed by atoms with Crippen molar-refractivity contribution in [3.63, 3.8) is 0 Å². The molecule has 0 aliphatic rings. The van der Waals surface area contributed by atoms with Crippen LogP contribution in [0.2, 0.25) is 16.6 Å². The van der Waals surface area contributed by atoms with Crippen LogP contribution in [-0.2, 0) is 14.0 Å². The molecule has 1 rings (SSSR count). The number of benzene rings is 1. The summed E-state index contributed by atoms with van der Waals surface area (Å²) in [5.41, 5.74) is 3.99. The van der Waals surface area contributed by atoms with Crippen molar-refractivity contribution in [3.8, 4) is 0 Å². The molecule has 0 amide bonds. The van der Waals surface area contributed by atoms with E-state index < -0.39 is 8.32 Å². The lowest BCUT2D eigenvalue weighted by atomic mass is 10.0. The molecular weight excluding hydrogens is 400 g/mol. The number of hydrogen-bond donors (Lipinski definition) is 0. The molecule has 0 radical (unpaired) electrons. The van der Waals surface area contributed by atoms with Gasteiger partial charge in [-0.3, -0.25) is 0 Å². The van der Waals surface area contributed by atoms with Gasteiger partial charge in [-0.25, -0.2) is 4.79 Å². The number of carbonyl (C=O) groups excluding carboxylic acids is 1. The summed E-state index contributed by atoms with van der Waals surface area (Å²) in [5.74, 6) is -0.279. The van der Waals surface area contributed by atoms with Crippen LogP contribution >= 0.6 is 0 Å². The number of allylic oxidation sites excluding steroid dienone is 2. The second kappa shape index (κ2) is 13.7. The fourth-order valence-electron chi connectivity index (χ4n) is 4.57. The van der Waals surface area contributed by atoms with E-state index in [1.54, 1.807) is 6.08 Å². The molecule has 174 valence electrons. The largest absolute Gasteiger partial charge is 0.463 e. The van der Waals surface area contributed by atoms with Crippen molar-refractivity contribution in [1.29, 1.82) is 0 Å². The summed E-state index contributed by atoms with van der Waals surface area (Å²) in [6.07, 6.45) is 8.05. The topological polar surface area (TPSA) is 35.5 Å². The SMILES string of the molecule is CCCCOC(=O)/C=C/C=C(\C)CC(O[Si](C(C)C)(C(C)C)C(C)C)c1ccccc1. The van der Waals surface area contributed by atoms with Crippen molar-refractivity contribution in [2.45, 2.75) is 97.4 Å². The van der Waals surface area contributed by atoms with Crippen LogP contribution in [0.25, 0.3) is 0 Å². The summed E-state index contributed by atoms with van der Waals surface area (Å²) in [6, 6.07) is 10.5. The highest BCUT2D eigenvalue weighted by Gasteiger charge is 2.46. The van der Waals surface area contributed by atoms with Crippen LogP contribution in [-0.4, -0.2) is 20.9 Å². The van der Waals surface area contributed by atoms with E-state index in [-0.39, 0.29) is 12.1 Å². The molecule has 0 heterocycles. The van der Waals surface area contributed by atoms with Gasteiger partial charge in [-0.15, -0.1) is 0 Å². The van der Waals surface area contributed by atoms with Gasteiger partial charge in [0.1, 0.15) is 0 Å². The fourth-order valence-corrected chi connectivity index (χ4v) is 10.1. The predicted octanol–water partition coefficient (Wildman–Crippen LogP) is 8.16. The van der Waals surface area contributed by atoms with Crippen molar-refractivity contribution in [3.05, 3.63) is 59.7 Å². The lowest BCUT2D eigenvalue weighted by molar-refractivity contribution is -0.137. The van der Waals surface area contributed by atoms with E-state index in [1.807, 2.05) is 12.1 Å². The first-order chi connectivity index (χ1) is 14.6. The van der Waals surface area contributed by atoms with E-state index in [0.717, 1.165) is 19.3 Å². The molecule has 3 nitrogen and oxygen atoms in total. The summed E-state index contributed by atoms with van der Waals surface area (Å²) >= 11 is 0. The maximum absolute atomic E-state index is 11.8. The average molecular weight is 445 g/mol. The Bertz CT molecular complexity index is 683. The molecule has 0 bridgehead atoms. The summed E-state index contributed by atoms with van der Waals surface area (Å²) < 4.78 is 12.3. The third-order valence-electron chi connectivity index (χ3n) is 6.09. The zero-order valence-corrected chi connectivity index (χ0v) is 22.0. The van der Waals surface area contributed by atoms with Gasteiger partial charge in [0.15, 0.2) is 0 Å². The third kappa shape index (κ3) is 8.42. The number of carbonyl (C=O) groups is 1. The molecule has 0 N–H and O–H groups in total. The number of esters is 1. The molecule has 31 heavy (non-hydrogen) atoms. The van der Waals surface area contributed by atoms with Crippen molar-refractivity contribution in [1.82, 2.24) is 0 Å². The van der Waals surface area contributed by atoms with Gasteiger partial charge in [0, 0.05) is 6.08 Å². The Labute approximate surface area is 192 Å². The van der Waals surface area contributed by atoms with E-state index in [2.05, 4.69) is 79.7 Å². The number of unbranched alkanes of at least 4 members (excludes halogenated alkanes) is 1. The first kappa shape index (κ1) is 27.4. The van der Waals surface area contributed by atoms with Gasteiger partial charge in [-0.2, -0.15) is 0 Å². The molecule has 0 aliphatic carbocycles. The standard InChI is InChI=1S/C27H44O3Si/c1-9-10-19-29-27(28)18-14-15-24(8)20-26(25-16-12-11-13-17-25)30-31(21(2)3,22(4)5)23(6)7/h11-18,21-23,26H,9-10,19-20H2,1-8H3/b18-14+,24-15+. The van der Waals surface area contributed by atoms with E-state index >= 15 is 0 Å². The second-order valence-corrected chi connectivity index (χ2v) is 14.8. The van der Waals surface area contributed by atoms with Crippen LogP contribution in [0, 0.1) is 0 Å². The average Bonchev–Trinajstić information content (AvgIpc) is 2.71. The fraction of sp³-hybridized carbons (Fsp3) is 0.593. The van der Waals surface area contributed by atoms with Crippen molar-refractivity contribution in [2.75, 3.05) is 6.61 Å². The Hall–Kier alpha value is -1.65. The first-order valence-electron chi connectivity index (χ1n) is 11.9. The molecular formula is C27H44O3Si. The number of rotatable bonds is 13. The smallest absolute Gasteiger partial charge is 0.330 e. The van der Waals surface area contributed by atoms with Crippen LogP contribution < -0.4 is 0 Å². The molecule has 0 aliphatic heterocycles. The van der Waals surface area contributed by atoms with Crippen molar-refractivity contribution >= 4 is 14.3 Å². The monoisotopic (exact) mass is 444 g/mol. The first-order valence-corrected chi connectivity index (χ1v) is 14.0. The highest BCUT2D eigenvalue weighted by atomic mass is 28.4. The minimum Gasteiger partial charge on any atom is -0.463 e. The molecule has 0 aromatic heterocycles. The van der Waals surface area contributed by atoms with Crippen LogP contribution in [0.4, 0.5) is 0 Å². The molecule has 0 saturated heterocycles. The van der Waals surface area contributed by atoms with Crippen LogP contribution in [0.15, 0.2) is 54.1 Å². The Kier molecular flexibility index (Phi) is 12.1. The predicted molar refractivity (Wildman–Crippen MR) is 135 cm³/mol. The molecule has 0 spiro atoms. The van der Waals surface area contributed by atoms with Crippen LogP contribution in [0.3, 0.4) is 0 Å². The Morgan fingerprint density at radius 1 is 1.00 bits per heavy atom. The van der Waals surface area contributed by atoms with Crippen LogP contribution in [0.5, 0.6) is 0 Å². The van der Waals surface area contributed by atoms with Gasteiger partial charge in [0.25, 0.3) is 0 Å². The van der Waals surface area contributed by atoms with E-state index in [1.165, 1.54) is 17.2 Å². The minimum absolute atomic E-state index is 0.0150. The Morgan fingerprint density at radius 2 is 1.58 bits per heavy atom. The highest BCUT2D eigenvalue weighted by molar-refractivity contribution is 6.77. The van der Waals surface area contributed by atoms with Gasteiger partial charge in [0.2, 0.25) is 8.32 Å². The molecule has 1 atom stereocenters. The summed E-state index contributed by atoms with van der Waals surface area (Å²) in [6.45, 7) is 18.6. The van der Waals surface area contributed by atoms with E-state index in [9.17, 15) is 4.79 Å². The molecule has 0 saturated carbocycles. The normalized spacial score (nSPS) is 14.1. The van der Waals surface area contributed by atoms with Gasteiger partial charge in [0.05, 0.1) is 12.7 Å². The van der Waals surface area contributed by atoms with Gasteiger partial charge < -0.3 is 9.16 Å². The molecule has 1 aromatic rings. The Morgan fingerprint density at radius 3 is 2.10 bits per heavy atom. The number of hydrogen-bond acceptors (Lipinski definition) is 3. The zero-order valence-electron chi connectivity index (χ0n) is 21.0. The number of ether oxygens (including phenoxy) is 1. The zero-order chi connectivity index (χ0) is 23.4. The van der Waals surface area contributed by atoms with Crippen LogP contribution in [0.1, 0.15) is 86.3 Å². The third-order valence-corrected chi connectivity index (χ3v) is 12.2. The summed E-state index contributed by atoms with van der Waals surface area (Å²) in [5, 5.41) is 0. The van der Waals surface area contributed by atoms with Crippen molar-refractivity contribution < 1.29 is 14.0 Å².